The zero-order valence-electron chi connectivity index (χ0n) is 12.1. The van der Waals surface area contributed by atoms with Crippen LogP contribution < -0.4 is 17.7 Å². The molecule has 0 aliphatic heterocycles. The topological polar surface area (TPSA) is 49.7 Å². The van der Waals surface area contributed by atoms with Crippen molar-refractivity contribution in [3.05, 3.63) is 64.8 Å². The van der Waals surface area contributed by atoms with Gasteiger partial charge in [0.2, 0.25) is 0 Å². The third-order valence-electron chi connectivity index (χ3n) is 3.58. The van der Waals surface area contributed by atoms with Crippen molar-refractivity contribution in [2.45, 2.75) is 13.5 Å². The maximum atomic E-state index is 10.1. The fraction of sp³-hybridized carbons (Fsp3) is 0.118. The van der Waals surface area contributed by atoms with Crippen molar-refractivity contribution in [1.29, 1.82) is 0 Å². The summed E-state index contributed by atoms with van der Waals surface area (Å²) in [6.45, 7) is 2.78. The molecule has 0 unspecified atom stereocenters. The maximum Gasteiger partial charge on any atom is 0.144 e. The lowest BCUT2D eigenvalue weighted by Gasteiger charge is -2.08. The van der Waals surface area contributed by atoms with Crippen LogP contribution in [0.25, 0.3) is 10.9 Å². The van der Waals surface area contributed by atoms with Crippen LogP contribution in [0.5, 0.6) is 5.75 Å². The number of phenols is 1. The molecule has 3 aromatic rings. The highest BCUT2D eigenvalue weighted by Crippen LogP contribution is 2.29. The summed E-state index contributed by atoms with van der Waals surface area (Å²) in [4.78, 5) is 4.37. The van der Waals surface area contributed by atoms with Crippen molar-refractivity contribution >= 4 is 28.2 Å². The van der Waals surface area contributed by atoms with E-state index in [2.05, 4.69) is 10.3 Å². The van der Waals surface area contributed by atoms with Gasteiger partial charge in [-0.15, -0.1) is 0 Å². The Hall–Kier alpha value is -1.81. The Morgan fingerprint density at radius 1 is 1.09 bits per heavy atom. The number of hydrogen-bond donors (Lipinski definition) is 2. The average molecular weight is 335 g/mol. The molecule has 1 aromatic heterocycles. The zero-order chi connectivity index (χ0) is 14.8. The number of pyridine rings is 1. The van der Waals surface area contributed by atoms with Gasteiger partial charge in [0.25, 0.3) is 0 Å². The van der Waals surface area contributed by atoms with Gasteiger partial charge in [0.15, 0.2) is 0 Å². The molecule has 3 nitrogen and oxygen atoms in total. The Morgan fingerprint density at radius 3 is 2.55 bits per heavy atom. The number of quaternary nitrogens is 1. The number of hydrogen-bond acceptors (Lipinski definition) is 2. The van der Waals surface area contributed by atoms with E-state index in [0.717, 1.165) is 33.7 Å². The zero-order valence-corrected chi connectivity index (χ0v) is 13.6. The van der Waals surface area contributed by atoms with Gasteiger partial charge in [-0.05, 0) is 30.7 Å². The van der Waals surface area contributed by atoms with E-state index < -0.39 is 0 Å². The molecule has 0 bridgehead atoms. The minimum absolute atomic E-state index is 0. The van der Waals surface area contributed by atoms with Crippen LogP contribution in [0, 0.1) is 6.92 Å². The fourth-order valence-corrected chi connectivity index (χ4v) is 2.56. The number of aromatic hydroxyl groups is 1. The summed E-state index contributed by atoms with van der Waals surface area (Å²) < 4.78 is 0. The van der Waals surface area contributed by atoms with E-state index in [1.807, 2.05) is 43.3 Å². The van der Waals surface area contributed by atoms with Crippen molar-refractivity contribution in [2.75, 3.05) is 0 Å². The Morgan fingerprint density at radius 2 is 1.82 bits per heavy atom. The van der Waals surface area contributed by atoms with E-state index in [9.17, 15) is 5.11 Å². The second kappa shape index (κ2) is 6.97. The summed E-state index contributed by atoms with van der Waals surface area (Å²) in [6.07, 6.45) is 1.78. The molecule has 0 saturated carbocycles. The molecular weight excluding hydrogens is 319 g/mol. The minimum atomic E-state index is 0. The maximum absolute atomic E-state index is 10.1. The average Bonchev–Trinajstić information content (AvgIpc) is 2.50. The van der Waals surface area contributed by atoms with Gasteiger partial charge in [-0.2, -0.15) is 0 Å². The SMILES string of the molecule is Cc1ccc(O)c2c([NH2+]Cc3ccc(Cl)cc3)ccnc12.[Cl-]. The van der Waals surface area contributed by atoms with Gasteiger partial charge >= 0.3 is 0 Å². The van der Waals surface area contributed by atoms with Gasteiger partial charge in [0.1, 0.15) is 23.4 Å². The third-order valence-corrected chi connectivity index (χ3v) is 3.83. The van der Waals surface area contributed by atoms with Crippen molar-refractivity contribution in [1.82, 2.24) is 4.98 Å². The Balaban J connectivity index is 0.00000176. The summed E-state index contributed by atoms with van der Waals surface area (Å²) in [7, 11) is 0. The number of nitrogens with zero attached hydrogens (tertiary/aromatic N) is 1. The first-order valence-corrected chi connectivity index (χ1v) is 7.18. The molecule has 2 aromatic carbocycles. The predicted octanol–water partition coefficient (Wildman–Crippen LogP) is 0.301. The molecule has 0 radical (unpaired) electrons. The molecule has 5 heteroatoms. The van der Waals surface area contributed by atoms with E-state index in [1.54, 1.807) is 12.3 Å². The highest BCUT2D eigenvalue weighted by Gasteiger charge is 2.12. The molecule has 3 rings (SSSR count). The largest absolute Gasteiger partial charge is 1.00 e. The van der Waals surface area contributed by atoms with Crippen LogP contribution in [0.4, 0.5) is 5.69 Å². The Kier molecular flexibility index (Phi) is 5.24. The van der Waals surface area contributed by atoms with Crippen molar-refractivity contribution in [3.8, 4) is 5.75 Å². The lowest BCUT2D eigenvalue weighted by molar-refractivity contribution is -0.587. The summed E-state index contributed by atoms with van der Waals surface area (Å²) >= 11 is 5.89. The highest BCUT2D eigenvalue weighted by atomic mass is 35.5. The molecule has 0 atom stereocenters. The lowest BCUT2D eigenvalue weighted by Crippen LogP contribution is -3.00. The van der Waals surface area contributed by atoms with Crippen LogP contribution in [0.15, 0.2) is 48.7 Å². The van der Waals surface area contributed by atoms with Crippen molar-refractivity contribution in [2.24, 2.45) is 0 Å². The standard InChI is InChI=1S/C17H15ClN2O.ClH/c1-11-2-7-15(21)16-14(8-9-19-17(11)16)20-10-12-3-5-13(18)6-4-12;/h2-9,21H,10H2,1H3,(H,19,20);1H. The van der Waals surface area contributed by atoms with E-state index in [1.165, 1.54) is 5.56 Å². The number of halogens is 2. The first-order chi connectivity index (χ1) is 10.1. The second-order valence-corrected chi connectivity index (χ2v) is 5.50. The fourth-order valence-electron chi connectivity index (χ4n) is 2.43. The van der Waals surface area contributed by atoms with Crippen LogP contribution in [0.3, 0.4) is 0 Å². The first-order valence-electron chi connectivity index (χ1n) is 6.80. The summed E-state index contributed by atoms with van der Waals surface area (Å²) in [6, 6.07) is 13.3. The van der Waals surface area contributed by atoms with Crippen LogP contribution in [0.2, 0.25) is 5.02 Å². The molecule has 3 N–H and O–H groups in total. The lowest BCUT2D eigenvalue weighted by atomic mass is 10.1. The normalized spacial score (nSPS) is 10.5. The van der Waals surface area contributed by atoms with Gasteiger partial charge in [0, 0.05) is 22.8 Å². The number of fused-ring (bicyclic) bond motifs is 1. The van der Waals surface area contributed by atoms with Gasteiger partial charge in [-0.3, -0.25) is 4.98 Å². The van der Waals surface area contributed by atoms with Crippen LogP contribution in [-0.4, -0.2) is 10.1 Å². The van der Waals surface area contributed by atoms with Crippen LogP contribution in [0.1, 0.15) is 11.1 Å². The summed E-state index contributed by atoms with van der Waals surface area (Å²) in [5.74, 6) is 0.269. The number of phenolic OH excluding ortho intramolecular Hbond substituents is 1. The molecule has 114 valence electrons. The summed E-state index contributed by atoms with van der Waals surface area (Å²) in [5, 5.41) is 13.8. The molecule has 0 aliphatic carbocycles. The Labute approximate surface area is 140 Å². The number of nitrogens with two attached hydrogens (primary N) is 1. The quantitative estimate of drug-likeness (QED) is 0.724. The second-order valence-electron chi connectivity index (χ2n) is 5.06. The van der Waals surface area contributed by atoms with E-state index >= 15 is 0 Å². The molecule has 0 aliphatic rings. The molecule has 0 spiro atoms. The molecule has 0 amide bonds. The summed E-state index contributed by atoms with van der Waals surface area (Å²) in [5.41, 5.74) is 4.08. The number of aromatic nitrogens is 1. The number of benzene rings is 2. The van der Waals surface area contributed by atoms with E-state index in [-0.39, 0.29) is 18.2 Å². The van der Waals surface area contributed by atoms with Gasteiger partial charge in [-0.1, -0.05) is 29.8 Å². The molecule has 1 heterocycles. The number of rotatable bonds is 3. The first kappa shape index (κ1) is 16.6. The van der Waals surface area contributed by atoms with Crippen molar-refractivity contribution < 1.29 is 22.8 Å². The van der Waals surface area contributed by atoms with Crippen molar-refractivity contribution in [3.63, 3.8) is 0 Å². The Bertz CT molecular complexity index is 789. The molecular formula is C17H16Cl2N2O. The predicted molar refractivity (Wildman–Crippen MR) is 84.9 cm³/mol. The monoisotopic (exact) mass is 334 g/mol. The molecule has 0 saturated heterocycles. The van der Waals surface area contributed by atoms with Gasteiger partial charge in [-0.25, -0.2) is 0 Å². The van der Waals surface area contributed by atoms with E-state index in [0.29, 0.717) is 0 Å². The number of aryl methyl sites for hydroxylation is 1. The van der Waals surface area contributed by atoms with Crippen LogP contribution in [-0.2, 0) is 6.54 Å². The smallest absolute Gasteiger partial charge is 0.144 e. The minimum Gasteiger partial charge on any atom is -1.00 e. The van der Waals surface area contributed by atoms with Gasteiger partial charge < -0.3 is 22.8 Å². The highest BCUT2D eigenvalue weighted by molar-refractivity contribution is 6.30. The molecule has 22 heavy (non-hydrogen) atoms. The van der Waals surface area contributed by atoms with Crippen LogP contribution >= 0.6 is 11.6 Å². The molecule has 0 fully saturated rings. The van der Waals surface area contributed by atoms with E-state index in [4.69, 9.17) is 11.6 Å². The van der Waals surface area contributed by atoms with Gasteiger partial charge in [0.05, 0.1) is 5.52 Å². The third kappa shape index (κ3) is 3.33.